The van der Waals surface area contributed by atoms with Crippen molar-refractivity contribution < 1.29 is 0 Å². The highest BCUT2D eigenvalue weighted by Crippen LogP contribution is 2.23. The Hall–Kier alpha value is -1.02. The van der Waals surface area contributed by atoms with Crippen molar-refractivity contribution in [2.45, 2.75) is 26.7 Å². The summed E-state index contributed by atoms with van der Waals surface area (Å²) in [5.74, 6) is 1.77. The number of benzene rings is 1. The van der Waals surface area contributed by atoms with Gasteiger partial charge in [-0.3, -0.25) is 0 Å². The van der Waals surface area contributed by atoms with E-state index in [2.05, 4.69) is 54.4 Å². The van der Waals surface area contributed by atoms with Crippen molar-refractivity contribution >= 4 is 5.69 Å². The molecular formula is C16H26N2. The van der Waals surface area contributed by atoms with Crippen LogP contribution in [0.25, 0.3) is 0 Å². The van der Waals surface area contributed by atoms with Crippen molar-refractivity contribution in [1.29, 1.82) is 0 Å². The first-order valence-corrected chi connectivity index (χ1v) is 7.27. The largest absolute Gasteiger partial charge is 0.385 e. The van der Waals surface area contributed by atoms with E-state index in [1.165, 1.54) is 38.2 Å². The molecule has 0 aromatic heterocycles. The Balaban J connectivity index is 1.59. The molecule has 1 saturated heterocycles. The lowest BCUT2D eigenvalue weighted by Crippen LogP contribution is -2.24. The van der Waals surface area contributed by atoms with E-state index >= 15 is 0 Å². The second-order valence-corrected chi connectivity index (χ2v) is 5.74. The Labute approximate surface area is 111 Å². The van der Waals surface area contributed by atoms with Crippen LogP contribution in [0.5, 0.6) is 0 Å². The van der Waals surface area contributed by atoms with E-state index in [0.29, 0.717) is 0 Å². The maximum absolute atomic E-state index is 3.48. The second-order valence-electron chi connectivity index (χ2n) is 5.74. The number of hydrogen-bond donors (Lipinski definition) is 1. The van der Waals surface area contributed by atoms with Crippen LogP contribution in [0.4, 0.5) is 5.69 Å². The average molecular weight is 246 g/mol. The molecule has 1 aromatic carbocycles. The molecule has 1 aromatic rings. The van der Waals surface area contributed by atoms with Gasteiger partial charge in [-0.15, -0.1) is 0 Å². The Kier molecular flexibility index (Phi) is 5.06. The molecule has 0 bridgehead atoms. The van der Waals surface area contributed by atoms with Crippen molar-refractivity contribution in [2.24, 2.45) is 11.8 Å². The summed E-state index contributed by atoms with van der Waals surface area (Å²) < 4.78 is 0. The molecule has 0 radical (unpaired) electrons. The average Bonchev–Trinajstić information content (AvgIpc) is 2.85. The molecule has 0 aliphatic carbocycles. The molecule has 1 aliphatic heterocycles. The van der Waals surface area contributed by atoms with Crippen LogP contribution in [0, 0.1) is 11.8 Å². The van der Waals surface area contributed by atoms with Gasteiger partial charge in [-0.2, -0.15) is 0 Å². The van der Waals surface area contributed by atoms with Crippen molar-refractivity contribution in [3.63, 3.8) is 0 Å². The van der Waals surface area contributed by atoms with Crippen molar-refractivity contribution in [1.82, 2.24) is 4.90 Å². The van der Waals surface area contributed by atoms with Crippen LogP contribution >= 0.6 is 0 Å². The Morgan fingerprint density at radius 1 is 1.28 bits per heavy atom. The van der Waals surface area contributed by atoms with Gasteiger partial charge in [-0.05, 0) is 49.9 Å². The number of likely N-dealkylation sites (tertiary alicyclic amines) is 1. The molecule has 0 spiro atoms. The van der Waals surface area contributed by atoms with E-state index in [1.54, 1.807) is 0 Å². The highest BCUT2D eigenvalue weighted by molar-refractivity contribution is 5.42. The van der Waals surface area contributed by atoms with Crippen LogP contribution in [0.3, 0.4) is 0 Å². The molecule has 1 unspecified atom stereocenters. The fraction of sp³-hybridized carbons (Fsp3) is 0.625. The Bertz CT molecular complexity index is 334. The van der Waals surface area contributed by atoms with Crippen LogP contribution in [0.15, 0.2) is 30.3 Å². The third-order valence-corrected chi connectivity index (χ3v) is 4.01. The van der Waals surface area contributed by atoms with Gasteiger partial charge in [0.15, 0.2) is 0 Å². The molecule has 1 fully saturated rings. The molecule has 2 nitrogen and oxygen atoms in total. The van der Waals surface area contributed by atoms with Gasteiger partial charge in [0, 0.05) is 18.8 Å². The summed E-state index contributed by atoms with van der Waals surface area (Å²) in [4.78, 5) is 2.62. The van der Waals surface area contributed by atoms with Gasteiger partial charge < -0.3 is 10.2 Å². The van der Waals surface area contributed by atoms with Gasteiger partial charge in [-0.25, -0.2) is 0 Å². The molecule has 2 heteroatoms. The van der Waals surface area contributed by atoms with E-state index in [0.717, 1.165) is 18.4 Å². The third-order valence-electron chi connectivity index (χ3n) is 4.01. The predicted octanol–water partition coefficient (Wildman–Crippen LogP) is 3.47. The molecule has 2 rings (SSSR count). The standard InChI is InChI=1S/C16H26N2/c1-14(2)15-9-12-18(13-15)11-6-10-17-16-7-4-3-5-8-16/h3-5,7-8,14-15,17H,6,9-13H2,1-2H3. The second kappa shape index (κ2) is 6.79. The molecule has 18 heavy (non-hydrogen) atoms. The minimum absolute atomic E-state index is 0.845. The van der Waals surface area contributed by atoms with Crippen LogP contribution < -0.4 is 5.32 Å². The van der Waals surface area contributed by atoms with Crippen molar-refractivity contribution in [3.05, 3.63) is 30.3 Å². The van der Waals surface area contributed by atoms with E-state index in [1.807, 2.05) is 0 Å². The highest BCUT2D eigenvalue weighted by Gasteiger charge is 2.23. The van der Waals surface area contributed by atoms with E-state index in [9.17, 15) is 0 Å². The highest BCUT2D eigenvalue weighted by atomic mass is 15.1. The summed E-state index contributed by atoms with van der Waals surface area (Å²) in [6.07, 6.45) is 2.63. The molecule has 1 aliphatic rings. The number of hydrogen-bond acceptors (Lipinski definition) is 2. The fourth-order valence-corrected chi connectivity index (χ4v) is 2.70. The monoisotopic (exact) mass is 246 g/mol. The van der Waals surface area contributed by atoms with Crippen molar-refractivity contribution in [3.8, 4) is 0 Å². The van der Waals surface area contributed by atoms with E-state index in [-0.39, 0.29) is 0 Å². The summed E-state index contributed by atoms with van der Waals surface area (Å²) in [6.45, 7) is 9.63. The lowest BCUT2D eigenvalue weighted by molar-refractivity contribution is 0.302. The fourth-order valence-electron chi connectivity index (χ4n) is 2.70. The molecule has 0 saturated carbocycles. The molecule has 1 N–H and O–H groups in total. The van der Waals surface area contributed by atoms with Gasteiger partial charge in [0.05, 0.1) is 0 Å². The van der Waals surface area contributed by atoms with E-state index in [4.69, 9.17) is 0 Å². The molecule has 0 amide bonds. The molecule has 1 heterocycles. The zero-order valence-corrected chi connectivity index (χ0v) is 11.7. The van der Waals surface area contributed by atoms with Gasteiger partial charge in [0.25, 0.3) is 0 Å². The Morgan fingerprint density at radius 3 is 2.72 bits per heavy atom. The maximum atomic E-state index is 3.48. The van der Waals surface area contributed by atoms with Gasteiger partial charge >= 0.3 is 0 Å². The SMILES string of the molecule is CC(C)C1CCN(CCCNc2ccccc2)C1. The summed E-state index contributed by atoms with van der Waals surface area (Å²) >= 11 is 0. The number of nitrogens with one attached hydrogen (secondary N) is 1. The number of nitrogens with zero attached hydrogens (tertiary/aromatic N) is 1. The van der Waals surface area contributed by atoms with Crippen LogP contribution in [0.2, 0.25) is 0 Å². The lowest BCUT2D eigenvalue weighted by atomic mass is 9.95. The summed E-state index contributed by atoms with van der Waals surface area (Å²) in [6, 6.07) is 10.5. The summed E-state index contributed by atoms with van der Waals surface area (Å²) in [7, 11) is 0. The number of para-hydroxylation sites is 1. The zero-order valence-electron chi connectivity index (χ0n) is 11.7. The summed E-state index contributed by atoms with van der Waals surface area (Å²) in [5.41, 5.74) is 1.24. The number of rotatable bonds is 6. The first-order chi connectivity index (χ1) is 8.75. The smallest absolute Gasteiger partial charge is 0.0340 e. The normalized spacial score (nSPS) is 20.5. The molecule has 1 atom stereocenters. The zero-order chi connectivity index (χ0) is 12.8. The van der Waals surface area contributed by atoms with Gasteiger partial charge in [0.2, 0.25) is 0 Å². The maximum Gasteiger partial charge on any atom is 0.0340 e. The molecular weight excluding hydrogens is 220 g/mol. The third kappa shape index (κ3) is 4.02. The minimum atomic E-state index is 0.845. The predicted molar refractivity (Wildman–Crippen MR) is 78.9 cm³/mol. The summed E-state index contributed by atoms with van der Waals surface area (Å²) in [5, 5.41) is 3.48. The first-order valence-electron chi connectivity index (χ1n) is 7.27. The first kappa shape index (κ1) is 13.4. The van der Waals surface area contributed by atoms with Crippen LogP contribution in [-0.4, -0.2) is 31.1 Å². The minimum Gasteiger partial charge on any atom is -0.385 e. The van der Waals surface area contributed by atoms with E-state index < -0.39 is 0 Å². The number of anilines is 1. The van der Waals surface area contributed by atoms with Gasteiger partial charge in [0.1, 0.15) is 0 Å². The Morgan fingerprint density at radius 2 is 2.06 bits per heavy atom. The lowest BCUT2D eigenvalue weighted by Gasteiger charge is -2.17. The molecule has 100 valence electrons. The topological polar surface area (TPSA) is 15.3 Å². The quantitative estimate of drug-likeness (QED) is 0.773. The van der Waals surface area contributed by atoms with Crippen LogP contribution in [-0.2, 0) is 0 Å². The van der Waals surface area contributed by atoms with Crippen molar-refractivity contribution in [2.75, 3.05) is 31.5 Å². The van der Waals surface area contributed by atoms with Gasteiger partial charge in [-0.1, -0.05) is 32.0 Å². The van der Waals surface area contributed by atoms with Crippen LogP contribution in [0.1, 0.15) is 26.7 Å².